The standard InChI is InChI=1S/C17H13.C10H15.C6H5.CH3.CH2.2ClH.Zr/c1-3-12-5-7-14-11-15-8-6-13(4-2)10-17(15)16(14)9-12;1-8-5-6-9(7-8)10(2,3)4;1-2-4-6-5-3-1;;;;;/h3-7,9-10H,1-2,11H2;6-8H,1-4H3;1-5H;1H3;1H2;2*1H;. The second-order valence-corrected chi connectivity index (χ2v) is 26.3. The van der Waals surface area contributed by atoms with Crippen molar-refractivity contribution in [3.05, 3.63) is 117 Å². The van der Waals surface area contributed by atoms with E-state index in [2.05, 4.69) is 118 Å². The zero-order chi connectivity index (χ0) is 25.9. The topological polar surface area (TPSA) is 0 Å². The third-order valence-electron chi connectivity index (χ3n) is 8.70. The van der Waals surface area contributed by atoms with Gasteiger partial charge in [-0.2, -0.15) is 0 Å². The molecule has 0 bridgehead atoms. The molecule has 0 nitrogen and oxygen atoms in total. The fourth-order valence-corrected chi connectivity index (χ4v) is 20.1. The minimum Gasteiger partial charge on any atom is -0.147 e. The van der Waals surface area contributed by atoms with Gasteiger partial charge in [-0.1, -0.05) is 0 Å². The van der Waals surface area contributed by atoms with Crippen LogP contribution in [-0.4, -0.2) is 4.21 Å². The van der Waals surface area contributed by atoms with Crippen molar-refractivity contribution in [2.45, 2.75) is 38.7 Å². The average molecular weight is 623 g/mol. The van der Waals surface area contributed by atoms with Gasteiger partial charge >= 0.3 is 219 Å². The third kappa shape index (κ3) is 4.66. The van der Waals surface area contributed by atoms with Crippen molar-refractivity contribution in [2.24, 2.45) is 11.3 Å². The summed E-state index contributed by atoms with van der Waals surface area (Å²) in [5.41, 5.74) is 9.42. The summed E-state index contributed by atoms with van der Waals surface area (Å²) in [4.78, 5) is 0. The maximum atomic E-state index is 5.40. The zero-order valence-corrected chi connectivity index (χ0v) is 27.4. The van der Waals surface area contributed by atoms with Crippen molar-refractivity contribution in [3.8, 4) is 11.1 Å². The van der Waals surface area contributed by atoms with Gasteiger partial charge < -0.3 is 0 Å². The van der Waals surface area contributed by atoms with Gasteiger partial charge in [0.2, 0.25) is 0 Å². The molecule has 1 atom stereocenters. The first-order valence-corrected chi connectivity index (χ1v) is 21.0. The molecular formula is C35H40Cl2Zr. The Kier molecular flexibility index (Phi) is 8.42. The molecule has 5 rings (SSSR count). The Morgan fingerprint density at radius 3 is 2.08 bits per heavy atom. The minimum atomic E-state index is -4.28. The summed E-state index contributed by atoms with van der Waals surface area (Å²) < 4.78 is 12.4. The summed E-state index contributed by atoms with van der Waals surface area (Å²) in [6.07, 6.45) is 9.92. The summed E-state index contributed by atoms with van der Waals surface area (Å²) in [7, 11) is 0. The van der Waals surface area contributed by atoms with E-state index >= 15 is 0 Å². The summed E-state index contributed by atoms with van der Waals surface area (Å²) in [6, 6.07) is 22.7. The molecule has 0 radical (unpaired) electrons. The van der Waals surface area contributed by atoms with Gasteiger partial charge in [-0.25, -0.2) is 0 Å². The van der Waals surface area contributed by atoms with Gasteiger partial charge in [0.15, 0.2) is 0 Å². The van der Waals surface area contributed by atoms with Gasteiger partial charge in [-0.3, -0.25) is 0 Å². The molecule has 0 spiro atoms. The number of allylic oxidation sites excluding steroid dienone is 4. The van der Waals surface area contributed by atoms with Crippen LogP contribution < -0.4 is 6.54 Å². The van der Waals surface area contributed by atoms with E-state index in [-0.39, 0.29) is 30.2 Å². The molecule has 2 aliphatic rings. The molecular weight excluding hydrogens is 583 g/mol. The van der Waals surface area contributed by atoms with Crippen molar-refractivity contribution >= 4 is 47.7 Å². The first-order chi connectivity index (χ1) is 17.0. The molecule has 3 aromatic rings. The molecule has 0 amide bonds. The molecule has 0 aliphatic heterocycles. The van der Waals surface area contributed by atoms with Crippen LogP contribution in [0.25, 0.3) is 23.3 Å². The molecule has 3 heteroatoms. The Labute approximate surface area is 242 Å². The second kappa shape index (κ2) is 10.5. The van der Waals surface area contributed by atoms with Crippen LogP contribution in [0.5, 0.6) is 0 Å². The molecule has 0 heterocycles. The van der Waals surface area contributed by atoms with Crippen molar-refractivity contribution in [1.29, 1.82) is 0 Å². The number of rotatable bonds is 5. The molecule has 2 aliphatic carbocycles. The van der Waals surface area contributed by atoms with Gasteiger partial charge in [-0.15, -0.1) is 24.8 Å². The van der Waals surface area contributed by atoms with Crippen LogP contribution in [0.3, 0.4) is 0 Å². The van der Waals surface area contributed by atoms with Crippen LogP contribution in [0, 0.1) is 11.3 Å². The van der Waals surface area contributed by atoms with E-state index in [1.807, 2.05) is 12.2 Å². The van der Waals surface area contributed by atoms with Gasteiger partial charge in [0.1, 0.15) is 0 Å². The van der Waals surface area contributed by atoms with Crippen LogP contribution in [-0.2, 0) is 24.7 Å². The maximum absolute atomic E-state index is 5.40. The average Bonchev–Trinajstić information content (AvgIpc) is 3.44. The minimum absolute atomic E-state index is 0. The fourth-order valence-electron chi connectivity index (χ4n) is 6.51. The van der Waals surface area contributed by atoms with Crippen LogP contribution in [0.4, 0.5) is 0 Å². The van der Waals surface area contributed by atoms with E-state index in [1.165, 1.54) is 39.9 Å². The van der Waals surface area contributed by atoms with Gasteiger partial charge in [0.25, 0.3) is 0 Å². The molecule has 198 valence electrons. The molecule has 0 N–H and O–H groups in total. The van der Waals surface area contributed by atoms with Crippen LogP contribution >= 0.6 is 24.8 Å². The maximum Gasteiger partial charge on any atom is -0.147 e. The van der Waals surface area contributed by atoms with Crippen LogP contribution in [0.1, 0.15) is 49.9 Å². The van der Waals surface area contributed by atoms with E-state index in [0.717, 1.165) is 12.0 Å². The largest absolute Gasteiger partial charge is 0.147 e. The smallest absolute Gasteiger partial charge is 0.147 e. The fraction of sp³-hybridized carbons (Fsp3) is 0.229. The third-order valence-corrected chi connectivity index (χ3v) is 23.4. The SMILES string of the molecule is C=Cc1ccc2c(c1)-c1cc(C=C)c[c]([Zr](=[CH2])([CH3])([C]3=CC(C(C)(C)C)=CC3C)[c]3ccccc3)c1C2.Cl.Cl. The Morgan fingerprint density at radius 1 is 0.868 bits per heavy atom. The Hall–Kier alpha value is -2.05. The Morgan fingerprint density at radius 2 is 1.50 bits per heavy atom. The van der Waals surface area contributed by atoms with Crippen molar-refractivity contribution in [2.75, 3.05) is 0 Å². The van der Waals surface area contributed by atoms with Gasteiger partial charge in [-0.05, 0) is 0 Å². The van der Waals surface area contributed by atoms with Crippen molar-refractivity contribution in [1.82, 2.24) is 0 Å². The number of hydrogen-bond acceptors (Lipinski definition) is 0. The van der Waals surface area contributed by atoms with E-state index < -0.39 is 18.3 Å². The number of hydrogen-bond donors (Lipinski definition) is 0. The number of halogens is 2. The van der Waals surface area contributed by atoms with E-state index in [1.54, 1.807) is 3.28 Å². The van der Waals surface area contributed by atoms with Crippen molar-refractivity contribution < 1.29 is 18.3 Å². The summed E-state index contributed by atoms with van der Waals surface area (Å²) >= 11 is -4.28. The van der Waals surface area contributed by atoms with Crippen LogP contribution in [0.15, 0.2) is 94.8 Å². The molecule has 0 saturated carbocycles. The summed E-state index contributed by atoms with van der Waals surface area (Å²) in [5.74, 6) is 0.367. The molecule has 0 aromatic heterocycles. The monoisotopic (exact) mass is 620 g/mol. The first-order valence-electron chi connectivity index (χ1n) is 13.1. The van der Waals surface area contributed by atoms with Crippen molar-refractivity contribution in [3.63, 3.8) is 0 Å². The Balaban J connectivity index is 0.00000200. The van der Waals surface area contributed by atoms with Crippen LogP contribution in [0.2, 0.25) is 4.63 Å². The molecule has 0 fully saturated rings. The first kappa shape index (κ1) is 30.5. The van der Waals surface area contributed by atoms with E-state index in [4.69, 9.17) is 4.21 Å². The number of fused-ring (bicyclic) bond motifs is 3. The summed E-state index contributed by atoms with van der Waals surface area (Å²) in [5, 5.41) is 0. The second-order valence-electron chi connectivity index (χ2n) is 12.2. The van der Waals surface area contributed by atoms with E-state index in [0.29, 0.717) is 5.92 Å². The van der Waals surface area contributed by atoms with Gasteiger partial charge in [0, 0.05) is 0 Å². The predicted molar refractivity (Wildman–Crippen MR) is 173 cm³/mol. The quantitative estimate of drug-likeness (QED) is 0.208. The zero-order valence-electron chi connectivity index (χ0n) is 23.3. The molecule has 1 unspecified atom stereocenters. The normalized spacial score (nSPS) is 16.3. The molecule has 3 aromatic carbocycles. The Bertz CT molecular complexity index is 1550. The number of benzene rings is 3. The van der Waals surface area contributed by atoms with Gasteiger partial charge in [0.05, 0.1) is 0 Å². The van der Waals surface area contributed by atoms with E-state index in [9.17, 15) is 0 Å². The predicted octanol–water partition coefficient (Wildman–Crippen LogP) is 9.01. The molecule has 0 saturated heterocycles. The summed E-state index contributed by atoms with van der Waals surface area (Å²) in [6.45, 7) is 17.5. The molecule has 38 heavy (non-hydrogen) atoms.